The van der Waals surface area contributed by atoms with Crippen LogP contribution in [0.15, 0.2) is 74.5 Å². The molecule has 2 heterocycles. The zero-order valence-corrected chi connectivity index (χ0v) is 16.3. The number of hydrogen-bond acceptors (Lipinski definition) is 5. The molecule has 4 aromatic rings. The van der Waals surface area contributed by atoms with Gasteiger partial charge in [-0.25, -0.2) is 9.48 Å². The third-order valence-corrected chi connectivity index (χ3v) is 4.80. The van der Waals surface area contributed by atoms with Crippen LogP contribution in [0.2, 0.25) is 0 Å². The van der Waals surface area contributed by atoms with Gasteiger partial charge in [0.2, 0.25) is 5.78 Å². The second-order valence-electron chi connectivity index (χ2n) is 6.18. The molecule has 2 aromatic carbocycles. The highest BCUT2D eigenvalue weighted by molar-refractivity contribution is 9.10. The molecule has 0 saturated heterocycles. The van der Waals surface area contributed by atoms with Crippen molar-refractivity contribution in [2.24, 2.45) is 0 Å². The number of ketones is 2. The Bertz CT molecular complexity index is 1290. The highest BCUT2D eigenvalue weighted by Crippen LogP contribution is 2.20. The summed E-state index contributed by atoms with van der Waals surface area (Å²) in [5, 5.41) is 4.87. The summed E-state index contributed by atoms with van der Waals surface area (Å²) in [6.07, 6.45) is 1.46. The maximum Gasteiger partial charge on any atom is 0.347 e. The largest absolute Gasteiger partial charge is 0.422 e. The monoisotopic (exact) mass is 436 g/mol. The lowest BCUT2D eigenvalue weighted by Crippen LogP contribution is -2.16. The Morgan fingerprint density at radius 1 is 1.04 bits per heavy atom. The Morgan fingerprint density at radius 2 is 1.75 bits per heavy atom. The first-order valence-electron chi connectivity index (χ1n) is 8.38. The van der Waals surface area contributed by atoms with Gasteiger partial charge in [0, 0.05) is 23.0 Å². The molecule has 0 saturated carbocycles. The number of rotatable bonds is 4. The molecule has 0 fully saturated rings. The predicted octanol–water partition coefficient (Wildman–Crippen LogP) is 4.17. The van der Waals surface area contributed by atoms with E-state index in [-0.39, 0.29) is 22.6 Å². The van der Waals surface area contributed by atoms with E-state index in [1.54, 1.807) is 36.4 Å². The fraction of sp³-hybridized carbons (Fsp3) is 0.0476. The zero-order valence-electron chi connectivity index (χ0n) is 14.7. The second-order valence-corrected chi connectivity index (χ2v) is 7.10. The fourth-order valence-corrected chi connectivity index (χ4v) is 3.16. The summed E-state index contributed by atoms with van der Waals surface area (Å²) in [6.45, 7) is 1.33. The van der Waals surface area contributed by atoms with Gasteiger partial charge in [-0.15, -0.1) is 0 Å². The number of nitrogens with zero attached hydrogens (tertiary/aromatic N) is 2. The van der Waals surface area contributed by atoms with E-state index in [1.807, 2.05) is 12.1 Å². The van der Waals surface area contributed by atoms with E-state index in [0.717, 1.165) is 4.47 Å². The first kappa shape index (κ1) is 18.1. The Kier molecular flexibility index (Phi) is 4.52. The molecular weight excluding hydrogens is 424 g/mol. The van der Waals surface area contributed by atoms with Crippen molar-refractivity contribution in [2.45, 2.75) is 6.92 Å². The van der Waals surface area contributed by atoms with Crippen LogP contribution in [-0.4, -0.2) is 21.3 Å². The minimum absolute atomic E-state index is 0.000442. The van der Waals surface area contributed by atoms with E-state index in [1.165, 1.54) is 23.9 Å². The van der Waals surface area contributed by atoms with E-state index in [2.05, 4.69) is 21.0 Å². The Labute approximate surface area is 167 Å². The van der Waals surface area contributed by atoms with Crippen LogP contribution in [0.25, 0.3) is 16.7 Å². The lowest BCUT2D eigenvalue weighted by molar-refractivity contribution is 0.0986. The van der Waals surface area contributed by atoms with E-state index in [4.69, 9.17) is 4.42 Å². The van der Waals surface area contributed by atoms with Gasteiger partial charge in [-0.1, -0.05) is 34.1 Å². The molecule has 7 heteroatoms. The lowest BCUT2D eigenvalue weighted by Gasteiger charge is -2.01. The van der Waals surface area contributed by atoms with Crippen LogP contribution in [-0.2, 0) is 0 Å². The first-order valence-corrected chi connectivity index (χ1v) is 9.17. The van der Waals surface area contributed by atoms with Crippen molar-refractivity contribution in [3.8, 4) is 5.69 Å². The van der Waals surface area contributed by atoms with Gasteiger partial charge in [0.1, 0.15) is 16.8 Å². The third-order valence-electron chi connectivity index (χ3n) is 4.27. The fourth-order valence-electron chi connectivity index (χ4n) is 2.89. The molecule has 0 amide bonds. The van der Waals surface area contributed by atoms with Crippen LogP contribution >= 0.6 is 15.9 Å². The van der Waals surface area contributed by atoms with Crippen LogP contribution in [0.4, 0.5) is 0 Å². The van der Waals surface area contributed by atoms with Crippen molar-refractivity contribution in [2.75, 3.05) is 0 Å². The van der Waals surface area contributed by atoms with Gasteiger partial charge in [-0.2, -0.15) is 5.10 Å². The molecular formula is C21H13BrN2O4. The van der Waals surface area contributed by atoms with Crippen LogP contribution in [0.5, 0.6) is 0 Å². The summed E-state index contributed by atoms with van der Waals surface area (Å²) in [7, 11) is 0. The second kappa shape index (κ2) is 7.01. The standard InChI is InChI=1S/C21H13BrN2O4/c1-12(25)19-17(11-24(23-19)15-8-6-14(22)7-9-15)20(26)16-10-13-4-2-3-5-18(13)28-21(16)27/h2-11H,1H3. The zero-order chi connectivity index (χ0) is 19.8. The topological polar surface area (TPSA) is 82.2 Å². The van der Waals surface area contributed by atoms with Crippen molar-refractivity contribution < 1.29 is 14.0 Å². The normalized spacial score (nSPS) is 10.9. The van der Waals surface area contributed by atoms with Gasteiger partial charge >= 0.3 is 5.63 Å². The summed E-state index contributed by atoms with van der Waals surface area (Å²) >= 11 is 3.36. The SMILES string of the molecule is CC(=O)c1nn(-c2ccc(Br)cc2)cc1C(=O)c1cc2ccccc2oc1=O. The number of carbonyl (C=O) groups excluding carboxylic acids is 2. The first-order chi connectivity index (χ1) is 13.4. The van der Waals surface area contributed by atoms with Gasteiger partial charge in [-0.3, -0.25) is 9.59 Å². The predicted molar refractivity (Wildman–Crippen MR) is 107 cm³/mol. The number of fused-ring (bicyclic) bond motifs is 1. The average molecular weight is 437 g/mol. The number of carbonyl (C=O) groups is 2. The third kappa shape index (κ3) is 3.20. The summed E-state index contributed by atoms with van der Waals surface area (Å²) in [4.78, 5) is 37.5. The maximum atomic E-state index is 13.1. The molecule has 0 aliphatic carbocycles. The molecule has 0 aliphatic heterocycles. The van der Waals surface area contributed by atoms with Gasteiger partial charge < -0.3 is 4.42 Å². The molecule has 0 unspecified atom stereocenters. The van der Waals surface area contributed by atoms with Crippen molar-refractivity contribution in [3.63, 3.8) is 0 Å². The molecule has 4 rings (SSSR count). The minimum Gasteiger partial charge on any atom is -0.422 e. The number of benzene rings is 2. The smallest absolute Gasteiger partial charge is 0.347 e. The summed E-state index contributed by atoms with van der Waals surface area (Å²) in [6, 6.07) is 15.6. The summed E-state index contributed by atoms with van der Waals surface area (Å²) in [5.74, 6) is -0.975. The van der Waals surface area contributed by atoms with Gasteiger partial charge in [0.05, 0.1) is 11.3 Å². The average Bonchev–Trinajstić information content (AvgIpc) is 3.13. The molecule has 0 atom stereocenters. The van der Waals surface area contributed by atoms with Crippen LogP contribution in [0.1, 0.15) is 33.3 Å². The number of aromatic nitrogens is 2. The van der Waals surface area contributed by atoms with Gasteiger partial charge in [-0.05, 0) is 36.4 Å². The van der Waals surface area contributed by atoms with Crippen LogP contribution < -0.4 is 5.63 Å². The lowest BCUT2D eigenvalue weighted by atomic mass is 10.0. The highest BCUT2D eigenvalue weighted by Gasteiger charge is 2.24. The molecule has 0 aliphatic rings. The number of Topliss-reactive ketones (excluding diaryl/α,β-unsaturated/α-hetero) is 1. The molecule has 0 N–H and O–H groups in total. The summed E-state index contributed by atoms with van der Waals surface area (Å²) in [5.41, 5.74) is 0.223. The quantitative estimate of drug-likeness (QED) is 0.354. The van der Waals surface area contributed by atoms with E-state index in [0.29, 0.717) is 16.7 Å². The molecule has 138 valence electrons. The van der Waals surface area contributed by atoms with Crippen LogP contribution in [0.3, 0.4) is 0 Å². The number of hydrogen-bond donors (Lipinski definition) is 0. The van der Waals surface area contributed by atoms with Crippen molar-refractivity contribution in [1.82, 2.24) is 9.78 Å². The molecule has 0 spiro atoms. The molecule has 6 nitrogen and oxygen atoms in total. The Hall–Kier alpha value is -3.32. The Morgan fingerprint density at radius 3 is 2.46 bits per heavy atom. The molecule has 28 heavy (non-hydrogen) atoms. The van der Waals surface area contributed by atoms with Gasteiger partial charge in [0.25, 0.3) is 0 Å². The minimum atomic E-state index is -0.755. The van der Waals surface area contributed by atoms with Crippen LogP contribution in [0, 0.1) is 0 Å². The van der Waals surface area contributed by atoms with E-state index < -0.39 is 11.4 Å². The van der Waals surface area contributed by atoms with E-state index >= 15 is 0 Å². The maximum absolute atomic E-state index is 13.1. The molecule has 0 radical (unpaired) electrons. The molecule has 2 aromatic heterocycles. The van der Waals surface area contributed by atoms with Crippen molar-refractivity contribution >= 4 is 38.5 Å². The summed E-state index contributed by atoms with van der Waals surface area (Å²) < 4.78 is 7.58. The van der Waals surface area contributed by atoms with Crippen molar-refractivity contribution in [3.05, 3.63) is 92.5 Å². The number of halogens is 1. The number of para-hydroxylation sites is 1. The van der Waals surface area contributed by atoms with E-state index in [9.17, 15) is 14.4 Å². The highest BCUT2D eigenvalue weighted by atomic mass is 79.9. The van der Waals surface area contributed by atoms with Crippen molar-refractivity contribution in [1.29, 1.82) is 0 Å². The molecule has 0 bridgehead atoms. The van der Waals surface area contributed by atoms with Gasteiger partial charge in [0.15, 0.2) is 5.78 Å². The Balaban J connectivity index is 1.85.